The van der Waals surface area contributed by atoms with Gasteiger partial charge in [-0.15, -0.1) is 10.2 Å². The Kier molecular flexibility index (Phi) is 5.85. The van der Waals surface area contributed by atoms with Crippen LogP contribution in [0, 0.1) is 13.8 Å². The minimum Gasteiger partial charge on any atom is -0.247 e. The highest BCUT2D eigenvalue weighted by Crippen LogP contribution is 2.27. The van der Waals surface area contributed by atoms with Crippen LogP contribution in [-0.2, 0) is 13.1 Å². The first kappa shape index (κ1) is 23.8. The van der Waals surface area contributed by atoms with Gasteiger partial charge in [-0.1, -0.05) is 94.4 Å². The van der Waals surface area contributed by atoms with Crippen LogP contribution < -0.4 is 0 Å². The van der Waals surface area contributed by atoms with Gasteiger partial charge in [0.05, 0.1) is 47.9 Å². The van der Waals surface area contributed by atoms with E-state index >= 15 is 0 Å². The van der Waals surface area contributed by atoms with Crippen molar-refractivity contribution in [3.63, 3.8) is 0 Å². The summed E-state index contributed by atoms with van der Waals surface area (Å²) in [6, 6.07) is 29.1. The third-order valence-corrected chi connectivity index (χ3v) is 7.05. The van der Waals surface area contributed by atoms with E-state index in [9.17, 15) is 0 Å². The van der Waals surface area contributed by atoms with Crippen molar-refractivity contribution in [1.29, 1.82) is 0 Å². The number of fused-ring (bicyclic) bond motifs is 3. The standard InChI is InChI=1S/C32H26N8/c1-21-3-7-23(8-4-21)17-39-19-29(35-37-39)27-15-13-25-11-12-26-14-16-28(34-32(26)31(25)33-27)30-20-40(38-36-30)18-24-9-5-22(2)6-10-24/h3-16,19-20H,17-18H2,1-2H3. The molecule has 0 aliphatic carbocycles. The Hall–Kier alpha value is -5.24. The molecule has 194 valence electrons. The van der Waals surface area contributed by atoms with Crippen LogP contribution in [0.4, 0.5) is 0 Å². The van der Waals surface area contributed by atoms with E-state index in [1.807, 2.05) is 33.9 Å². The molecule has 0 N–H and O–H groups in total. The number of hydrogen-bond acceptors (Lipinski definition) is 6. The van der Waals surface area contributed by atoms with E-state index in [1.54, 1.807) is 0 Å². The summed E-state index contributed by atoms with van der Waals surface area (Å²) in [5.41, 5.74) is 9.41. The van der Waals surface area contributed by atoms with E-state index in [0.29, 0.717) is 13.1 Å². The minimum absolute atomic E-state index is 0.652. The van der Waals surface area contributed by atoms with E-state index in [2.05, 4.69) is 107 Å². The van der Waals surface area contributed by atoms with Crippen LogP contribution in [0.1, 0.15) is 22.3 Å². The number of pyridine rings is 2. The molecule has 0 saturated carbocycles. The highest BCUT2D eigenvalue weighted by molar-refractivity contribution is 6.03. The first-order valence-electron chi connectivity index (χ1n) is 13.2. The lowest BCUT2D eigenvalue weighted by molar-refractivity contribution is 0.649. The summed E-state index contributed by atoms with van der Waals surface area (Å²) < 4.78 is 3.68. The second-order valence-electron chi connectivity index (χ2n) is 10.2. The molecule has 8 heteroatoms. The highest BCUT2D eigenvalue weighted by Gasteiger charge is 2.12. The molecule has 0 aliphatic heterocycles. The van der Waals surface area contributed by atoms with E-state index in [0.717, 1.165) is 44.6 Å². The summed E-state index contributed by atoms with van der Waals surface area (Å²) in [7, 11) is 0. The zero-order valence-corrected chi connectivity index (χ0v) is 22.2. The number of nitrogens with zero attached hydrogens (tertiary/aromatic N) is 8. The highest BCUT2D eigenvalue weighted by atomic mass is 15.4. The van der Waals surface area contributed by atoms with Crippen LogP contribution in [0.15, 0.2) is 97.3 Å². The normalized spacial score (nSPS) is 11.4. The molecule has 0 radical (unpaired) electrons. The average molecular weight is 523 g/mol. The predicted molar refractivity (Wildman–Crippen MR) is 156 cm³/mol. The fourth-order valence-corrected chi connectivity index (χ4v) is 4.80. The summed E-state index contributed by atoms with van der Waals surface area (Å²) in [5, 5.41) is 19.5. The second kappa shape index (κ2) is 9.81. The Morgan fingerprint density at radius 1 is 0.475 bits per heavy atom. The summed E-state index contributed by atoms with van der Waals surface area (Å²) >= 11 is 0. The molecule has 0 spiro atoms. The van der Waals surface area contributed by atoms with Crippen molar-refractivity contribution >= 4 is 21.8 Å². The van der Waals surface area contributed by atoms with Gasteiger partial charge in [-0.25, -0.2) is 19.3 Å². The van der Waals surface area contributed by atoms with Crippen molar-refractivity contribution in [2.75, 3.05) is 0 Å². The first-order valence-corrected chi connectivity index (χ1v) is 13.2. The molecule has 7 rings (SSSR count). The van der Waals surface area contributed by atoms with Crippen molar-refractivity contribution < 1.29 is 0 Å². The van der Waals surface area contributed by atoms with Gasteiger partial charge in [0.2, 0.25) is 0 Å². The van der Waals surface area contributed by atoms with Crippen LogP contribution >= 0.6 is 0 Å². The van der Waals surface area contributed by atoms with Gasteiger partial charge in [-0.2, -0.15) is 0 Å². The van der Waals surface area contributed by atoms with Gasteiger partial charge in [-0.05, 0) is 37.1 Å². The maximum absolute atomic E-state index is 4.99. The lowest BCUT2D eigenvalue weighted by atomic mass is 10.1. The van der Waals surface area contributed by atoms with Crippen molar-refractivity contribution in [3.05, 3.63) is 120 Å². The third-order valence-electron chi connectivity index (χ3n) is 7.05. The van der Waals surface area contributed by atoms with Crippen molar-refractivity contribution in [2.45, 2.75) is 26.9 Å². The van der Waals surface area contributed by atoms with Gasteiger partial charge in [0.15, 0.2) is 0 Å². The predicted octanol–water partition coefficient (Wildman–Crippen LogP) is 6.01. The van der Waals surface area contributed by atoms with E-state index < -0.39 is 0 Å². The molecule has 0 bridgehead atoms. The van der Waals surface area contributed by atoms with Gasteiger partial charge in [0.25, 0.3) is 0 Å². The van der Waals surface area contributed by atoms with Crippen LogP contribution in [0.25, 0.3) is 44.6 Å². The maximum Gasteiger partial charge on any atom is 0.131 e. The van der Waals surface area contributed by atoms with Gasteiger partial charge >= 0.3 is 0 Å². The molecule has 0 saturated heterocycles. The Morgan fingerprint density at radius 2 is 0.875 bits per heavy atom. The number of hydrogen-bond donors (Lipinski definition) is 0. The van der Waals surface area contributed by atoms with Gasteiger partial charge < -0.3 is 0 Å². The summed E-state index contributed by atoms with van der Waals surface area (Å²) in [5.74, 6) is 0. The Balaban J connectivity index is 1.20. The van der Waals surface area contributed by atoms with Crippen molar-refractivity contribution in [3.8, 4) is 22.8 Å². The van der Waals surface area contributed by atoms with Crippen molar-refractivity contribution in [2.24, 2.45) is 0 Å². The second-order valence-corrected chi connectivity index (χ2v) is 10.2. The number of rotatable bonds is 6. The van der Waals surface area contributed by atoms with Gasteiger partial charge in [0, 0.05) is 10.8 Å². The topological polar surface area (TPSA) is 87.2 Å². The lowest BCUT2D eigenvalue weighted by Crippen LogP contribution is -2.00. The SMILES string of the molecule is Cc1ccc(Cn2cc(-c3ccc4ccc5ccc(-c6cn(Cc7ccc(C)cc7)nn6)nc5c4n3)nn2)cc1. The Bertz CT molecular complexity index is 1820. The fraction of sp³-hybridized carbons (Fsp3) is 0.125. The molecular weight excluding hydrogens is 496 g/mol. The smallest absolute Gasteiger partial charge is 0.131 e. The molecule has 0 amide bonds. The van der Waals surface area contributed by atoms with E-state index in [1.165, 1.54) is 22.3 Å². The molecular formula is C32H26N8. The molecule has 40 heavy (non-hydrogen) atoms. The van der Waals surface area contributed by atoms with Crippen LogP contribution in [0.5, 0.6) is 0 Å². The molecule has 3 aromatic carbocycles. The van der Waals surface area contributed by atoms with E-state index in [4.69, 9.17) is 9.97 Å². The molecule has 4 aromatic heterocycles. The molecule has 0 fully saturated rings. The van der Waals surface area contributed by atoms with Crippen LogP contribution in [0.3, 0.4) is 0 Å². The lowest BCUT2D eigenvalue weighted by Gasteiger charge is -2.06. The summed E-state index contributed by atoms with van der Waals surface area (Å²) in [6.07, 6.45) is 3.87. The van der Waals surface area contributed by atoms with Gasteiger partial charge in [0.1, 0.15) is 11.4 Å². The Morgan fingerprint density at radius 3 is 1.30 bits per heavy atom. The summed E-state index contributed by atoms with van der Waals surface area (Å²) in [6.45, 7) is 5.47. The molecule has 4 heterocycles. The number of aromatic nitrogens is 8. The molecule has 0 aliphatic rings. The van der Waals surface area contributed by atoms with Gasteiger partial charge in [-0.3, -0.25) is 0 Å². The minimum atomic E-state index is 0.652. The Labute approximate surface area is 231 Å². The molecule has 8 nitrogen and oxygen atoms in total. The van der Waals surface area contributed by atoms with Crippen molar-refractivity contribution in [1.82, 2.24) is 40.0 Å². The monoisotopic (exact) mass is 522 g/mol. The first-order chi connectivity index (χ1) is 19.6. The largest absolute Gasteiger partial charge is 0.247 e. The van der Waals surface area contributed by atoms with Crippen LogP contribution in [-0.4, -0.2) is 40.0 Å². The fourth-order valence-electron chi connectivity index (χ4n) is 4.80. The molecule has 0 unspecified atom stereocenters. The quantitative estimate of drug-likeness (QED) is 0.249. The molecule has 7 aromatic rings. The number of benzene rings is 3. The summed E-state index contributed by atoms with van der Waals surface area (Å²) in [4.78, 5) is 9.98. The zero-order chi connectivity index (χ0) is 27.1. The number of aryl methyl sites for hydroxylation is 2. The third kappa shape index (κ3) is 4.71. The van der Waals surface area contributed by atoms with Crippen LogP contribution in [0.2, 0.25) is 0 Å². The molecule has 0 atom stereocenters. The maximum atomic E-state index is 4.99. The zero-order valence-electron chi connectivity index (χ0n) is 22.2. The average Bonchev–Trinajstić information content (AvgIpc) is 3.65. The van der Waals surface area contributed by atoms with E-state index in [-0.39, 0.29) is 0 Å².